The van der Waals surface area contributed by atoms with E-state index in [1.807, 2.05) is 20.8 Å². The fourth-order valence-electron chi connectivity index (χ4n) is 2.14. The third-order valence-electron chi connectivity index (χ3n) is 3.85. The van der Waals surface area contributed by atoms with Gasteiger partial charge in [-0.2, -0.15) is 0 Å². The van der Waals surface area contributed by atoms with Crippen LogP contribution in [0.3, 0.4) is 0 Å². The Labute approximate surface area is 111 Å². The van der Waals surface area contributed by atoms with Crippen molar-refractivity contribution in [2.45, 2.75) is 83.6 Å². The van der Waals surface area contributed by atoms with Crippen LogP contribution in [0.5, 0.6) is 0 Å². The van der Waals surface area contributed by atoms with Crippen LogP contribution in [0, 0.1) is 0 Å². The average Bonchev–Trinajstić information content (AvgIpc) is 2.31. The van der Waals surface area contributed by atoms with Crippen molar-refractivity contribution in [3.63, 3.8) is 0 Å². The van der Waals surface area contributed by atoms with Gasteiger partial charge in [0.05, 0.1) is 6.10 Å². The van der Waals surface area contributed by atoms with E-state index >= 15 is 0 Å². The fourth-order valence-corrected chi connectivity index (χ4v) is 2.14. The fraction of sp³-hybridized carbons (Fsp3) is 0.929. The summed E-state index contributed by atoms with van der Waals surface area (Å²) in [6.07, 6.45) is 4.79. The first kappa shape index (κ1) is 15.4. The smallest absolute Gasteiger partial charge is 0.249 e. The van der Waals surface area contributed by atoms with Gasteiger partial charge in [-0.15, -0.1) is 0 Å². The quantitative estimate of drug-likeness (QED) is 0.790. The maximum Gasteiger partial charge on any atom is 0.249 e. The minimum absolute atomic E-state index is 0.0317. The highest BCUT2D eigenvalue weighted by molar-refractivity contribution is 5.81. The lowest BCUT2D eigenvalue weighted by molar-refractivity contribution is -0.138. The largest absolute Gasteiger partial charge is 0.364 e. The predicted molar refractivity (Wildman–Crippen MR) is 73.3 cm³/mol. The summed E-state index contributed by atoms with van der Waals surface area (Å²) in [4.78, 5) is 12.0. The van der Waals surface area contributed by atoms with Gasteiger partial charge < -0.3 is 15.8 Å². The molecule has 4 nitrogen and oxygen atoms in total. The Morgan fingerprint density at radius 3 is 2.61 bits per heavy atom. The van der Waals surface area contributed by atoms with E-state index in [0.29, 0.717) is 0 Å². The van der Waals surface area contributed by atoms with E-state index in [-0.39, 0.29) is 23.6 Å². The molecule has 0 aliphatic heterocycles. The Balaban J connectivity index is 2.44. The second-order valence-corrected chi connectivity index (χ2v) is 5.99. The SMILES string of the molecule is CCC(C)(C)NC(=O)C(C)OC1CCCCC1N. The van der Waals surface area contributed by atoms with Gasteiger partial charge in [-0.25, -0.2) is 0 Å². The van der Waals surface area contributed by atoms with Gasteiger partial charge in [0, 0.05) is 11.6 Å². The number of ether oxygens (including phenoxy) is 1. The summed E-state index contributed by atoms with van der Waals surface area (Å²) in [6, 6.07) is 0.0770. The van der Waals surface area contributed by atoms with E-state index in [2.05, 4.69) is 12.2 Å². The molecular weight excluding hydrogens is 228 g/mol. The normalized spacial score (nSPS) is 26.7. The van der Waals surface area contributed by atoms with Crippen LogP contribution in [0.25, 0.3) is 0 Å². The average molecular weight is 256 g/mol. The van der Waals surface area contributed by atoms with Gasteiger partial charge in [0.25, 0.3) is 0 Å². The summed E-state index contributed by atoms with van der Waals surface area (Å²) < 4.78 is 5.82. The van der Waals surface area contributed by atoms with Crippen LogP contribution in [0.15, 0.2) is 0 Å². The molecule has 1 amide bonds. The van der Waals surface area contributed by atoms with Crippen molar-refractivity contribution in [3.05, 3.63) is 0 Å². The summed E-state index contributed by atoms with van der Waals surface area (Å²) in [6.45, 7) is 7.90. The van der Waals surface area contributed by atoms with Crippen LogP contribution in [0.1, 0.15) is 59.8 Å². The summed E-state index contributed by atoms with van der Waals surface area (Å²) in [5, 5.41) is 3.01. The Hall–Kier alpha value is -0.610. The van der Waals surface area contributed by atoms with Crippen molar-refractivity contribution >= 4 is 5.91 Å². The molecule has 1 aliphatic rings. The van der Waals surface area contributed by atoms with Gasteiger partial charge >= 0.3 is 0 Å². The highest BCUT2D eigenvalue weighted by Gasteiger charge is 2.28. The zero-order chi connectivity index (χ0) is 13.8. The van der Waals surface area contributed by atoms with E-state index in [0.717, 1.165) is 25.7 Å². The third-order valence-corrected chi connectivity index (χ3v) is 3.85. The van der Waals surface area contributed by atoms with Crippen molar-refractivity contribution in [3.8, 4) is 0 Å². The van der Waals surface area contributed by atoms with Crippen molar-refractivity contribution in [1.82, 2.24) is 5.32 Å². The van der Waals surface area contributed by atoms with Crippen molar-refractivity contribution in [2.75, 3.05) is 0 Å². The molecule has 1 saturated carbocycles. The first-order chi connectivity index (χ1) is 8.35. The number of nitrogens with two attached hydrogens (primary N) is 1. The standard InChI is InChI=1S/C14H28N2O2/c1-5-14(3,4)16-13(17)10(2)18-12-9-7-6-8-11(12)15/h10-12H,5-9,15H2,1-4H3,(H,16,17). The molecule has 0 bridgehead atoms. The minimum Gasteiger partial charge on any atom is -0.364 e. The van der Waals surface area contributed by atoms with Crippen LogP contribution in [-0.2, 0) is 9.53 Å². The van der Waals surface area contributed by atoms with Gasteiger partial charge in [0.1, 0.15) is 6.10 Å². The zero-order valence-corrected chi connectivity index (χ0v) is 12.2. The molecule has 0 aromatic carbocycles. The maximum atomic E-state index is 12.0. The van der Waals surface area contributed by atoms with Gasteiger partial charge in [-0.05, 0) is 40.0 Å². The molecule has 3 atom stereocenters. The molecule has 0 spiro atoms. The molecular formula is C14H28N2O2. The number of nitrogens with one attached hydrogen (secondary N) is 1. The van der Waals surface area contributed by atoms with Crippen molar-refractivity contribution < 1.29 is 9.53 Å². The molecule has 106 valence electrons. The molecule has 1 aliphatic carbocycles. The number of hydrogen-bond acceptors (Lipinski definition) is 3. The number of carbonyl (C=O) groups excluding carboxylic acids is 1. The predicted octanol–water partition coefficient (Wildman–Crippen LogP) is 1.97. The van der Waals surface area contributed by atoms with E-state index in [1.54, 1.807) is 0 Å². The van der Waals surface area contributed by atoms with E-state index in [9.17, 15) is 4.79 Å². The first-order valence-corrected chi connectivity index (χ1v) is 7.09. The number of rotatable bonds is 5. The Kier molecular flexibility index (Phi) is 5.60. The third kappa shape index (κ3) is 4.58. The van der Waals surface area contributed by atoms with E-state index < -0.39 is 6.10 Å². The number of amides is 1. The van der Waals surface area contributed by atoms with E-state index in [4.69, 9.17) is 10.5 Å². The highest BCUT2D eigenvalue weighted by atomic mass is 16.5. The molecule has 0 aromatic heterocycles. The molecule has 3 unspecified atom stereocenters. The molecule has 0 radical (unpaired) electrons. The number of carbonyl (C=O) groups is 1. The Morgan fingerprint density at radius 1 is 1.44 bits per heavy atom. The monoisotopic (exact) mass is 256 g/mol. The molecule has 0 heterocycles. The van der Waals surface area contributed by atoms with Crippen molar-refractivity contribution in [1.29, 1.82) is 0 Å². The topological polar surface area (TPSA) is 64.3 Å². The van der Waals surface area contributed by atoms with Crippen LogP contribution in [0.4, 0.5) is 0 Å². The van der Waals surface area contributed by atoms with Crippen LogP contribution < -0.4 is 11.1 Å². The van der Waals surface area contributed by atoms with Crippen LogP contribution in [0.2, 0.25) is 0 Å². The molecule has 0 aromatic rings. The van der Waals surface area contributed by atoms with Gasteiger partial charge in [0.2, 0.25) is 5.91 Å². The lowest BCUT2D eigenvalue weighted by Gasteiger charge is -2.32. The minimum atomic E-state index is -0.426. The lowest BCUT2D eigenvalue weighted by Crippen LogP contribution is -2.50. The highest BCUT2D eigenvalue weighted by Crippen LogP contribution is 2.21. The molecule has 0 saturated heterocycles. The second-order valence-electron chi connectivity index (χ2n) is 5.99. The molecule has 3 N–H and O–H groups in total. The molecule has 1 rings (SSSR count). The molecule has 1 fully saturated rings. The van der Waals surface area contributed by atoms with Crippen molar-refractivity contribution in [2.24, 2.45) is 5.73 Å². The van der Waals surface area contributed by atoms with Crippen LogP contribution >= 0.6 is 0 Å². The maximum absolute atomic E-state index is 12.0. The summed E-state index contributed by atoms with van der Waals surface area (Å²) in [5.41, 5.74) is 5.85. The van der Waals surface area contributed by atoms with Gasteiger partial charge in [-0.1, -0.05) is 19.8 Å². The second kappa shape index (κ2) is 6.53. The zero-order valence-electron chi connectivity index (χ0n) is 12.2. The van der Waals surface area contributed by atoms with Gasteiger partial charge in [-0.3, -0.25) is 4.79 Å². The Morgan fingerprint density at radius 2 is 2.06 bits per heavy atom. The number of hydrogen-bond donors (Lipinski definition) is 2. The summed E-state index contributed by atoms with van der Waals surface area (Å²) >= 11 is 0. The van der Waals surface area contributed by atoms with E-state index in [1.165, 1.54) is 6.42 Å². The molecule has 18 heavy (non-hydrogen) atoms. The first-order valence-electron chi connectivity index (χ1n) is 7.09. The summed E-state index contributed by atoms with van der Waals surface area (Å²) in [7, 11) is 0. The van der Waals surface area contributed by atoms with Crippen LogP contribution in [-0.4, -0.2) is 29.7 Å². The molecule has 4 heteroatoms. The lowest BCUT2D eigenvalue weighted by atomic mass is 9.93. The van der Waals surface area contributed by atoms with Gasteiger partial charge in [0.15, 0.2) is 0 Å². The Bertz CT molecular complexity index is 279. The summed E-state index contributed by atoms with van der Waals surface area (Å²) in [5.74, 6) is -0.0420.